The Hall–Kier alpha value is -0.780. The standard InChI is InChI=1S/C14H22/c1-3-4-5-6-7-8-9-14-11-10-13(2)12-14/h3,6-9,13-14H,1,4-5,10-12H2,2H3. The quantitative estimate of drug-likeness (QED) is 0.340. The van der Waals surface area contributed by atoms with Crippen molar-refractivity contribution in [2.75, 3.05) is 0 Å². The summed E-state index contributed by atoms with van der Waals surface area (Å²) < 4.78 is 0. The Bertz CT molecular complexity index is 210. The van der Waals surface area contributed by atoms with E-state index >= 15 is 0 Å². The number of rotatable bonds is 5. The van der Waals surface area contributed by atoms with Crippen molar-refractivity contribution in [1.29, 1.82) is 0 Å². The van der Waals surface area contributed by atoms with Crippen molar-refractivity contribution in [1.82, 2.24) is 0 Å². The second kappa shape index (κ2) is 6.64. The number of unbranched alkanes of at least 4 members (excludes halogenated alkanes) is 1. The van der Waals surface area contributed by atoms with Crippen LogP contribution in [-0.4, -0.2) is 0 Å². The van der Waals surface area contributed by atoms with E-state index in [-0.39, 0.29) is 0 Å². The highest BCUT2D eigenvalue weighted by atomic mass is 14.2. The van der Waals surface area contributed by atoms with Crippen molar-refractivity contribution in [3.05, 3.63) is 37.0 Å². The van der Waals surface area contributed by atoms with Gasteiger partial charge in [0.1, 0.15) is 0 Å². The minimum absolute atomic E-state index is 0.842. The highest BCUT2D eigenvalue weighted by Crippen LogP contribution is 2.30. The van der Waals surface area contributed by atoms with Crippen LogP contribution in [0.15, 0.2) is 37.0 Å². The normalized spacial score (nSPS) is 27.8. The Kier molecular flexibility index (Phi) is 5.36. The summed E-state index contributed by atoms with van der Waals surface area (Å²) in [5, 5.41) is 0. The fourth-order valence-electron chi connectivity index (χ4n) is 2.04. The highest BCUT2D eigenvalue weighted by Gasteiger charge is 2.17. The van der Waals surface area contributed by atoms with Crippen LogP contribution in [-0.2, 0) is 0 Å². The largest absolute Gasteiger partial charge is 0.103 e. The zero-order valence-corrected chi connectivity index (χ0v) is 9.28. The second-order valence-corrected chi connectivity index (χ2v) is 4.36. The van der Waals surface area contributed by atoms with E-state index in [0.29, 0.717) is 0 Å². The predicted molar refractivity (Wildman–Crippen MR) is 64.2 cm³/mol. The molecule has 0 aliphatic heterocycles. The third-order valence-corrected chi connectivity index (χ3v) is 2.90. The Balaban J connectivity index is 2.13. The lowest BCUT2D eigenvalue weighted by Crippen LogP contribution is -1.87. The third kappa shape index (κ3) is 4.45. The Morgan fingerprint density at radius 3 is 2.71 bits per heavy atom. The molecule has 2 unspecified atom stereocenters. The fourth-order valence-corrected chi connectivity index (χ4v) is 2.04. The molecule has 0 nitrogen and oxygen atoms in total. The van der Waals surface area contributed by atoms with Gasteiger partial charge in [0, 0.05) is 0 Å². The first kappa shape index (κ1) is 11.3. The SMILES string of the molecule is C=CCCC=CC=CC1CCC(C)C1. The van der Waals surface area contributed by atoms with E-state index in [1.54, 1.807) is 0 Å². The lowest BCUT2D eigenvalue weighted by Gasteiger charge is -2.00. The molecule has 0 bridgehead atoms. The maximum atomic E-state index is 3.70. The zero-order valence-electron chi connectivity index (χ0n) is 9.28. The van der Waals surface area contributed by atoms with Crippen molar-refractivity contribution in [2.24, 2.45) is 11.8 Å². The van der Waals surface area contributed by atoms with Gasteiger partial charge >= 0.3 is 0 Å². The monoisotopic (exact) mass is 190 g/mol. The molecule has 0 aromatic carbocycles. The first-order chi connectivity index (χ1) is 6.83. The summed E-state index contributed by atoms with van der Waals surface area (Å²) in [5.74, 6) is 1.78. The van der Waals surface area contributed by atoms with Crippen LogP contribution < -0.4 is 0 Å². The van der Waals surface area contributed by atoms with Gasteiger partial charge in [0.2, 0.25) is 0 Å². The van der Waals surface area contributed by atoms with E-state index in [4.69, 9.17) is 0 Å². The molecule has 0 N–H and O–H groups in total. The molecular formula is C14H22. The fraction of sp³-hybridized carbons (Fsp3) is 0.571. The molecule has 1 fully saturated rings. The van der Waals surface area contributed by atoms with Crippen LogP contribution in [0, 0.1) is 11.8 Å². The van der Waals surface area contributed by atoms with Crippen molar-refractivity contribution in [3.63, 3.8) is 0 Å². The van der Waals surface area contributed by atoms with Gasteiger partial charge in [-0.2, -0.15) is 0 Å². The molecule has 1 aliphatic carbocycles. The predicted octanol–water partition coefficient (Wildman–Crippen LogP) is 4.50. The maximum absolute atomic E-state index is 3.70. The van der Waals surface area contributed by atoms with E-state index in [1.165, 1.54) is 19.3 Å². The van der Waals surface area contributed by atoms with E-state index in [2.05, 4.69) is 37.8 Å². The molecule has 2 atom stereocenters. The second-order valence-electron chi connectivity index (χ2n) is 4.36. The molecule has 0 heterocycles. The lowest BCUT2D eigenvalue weighted by atomic mass is 10.1. The lowest BCUT2D eigenvalue weighted by molar-refractivity contribution is 0.586. The van der Waals surface area contributed by atoms with Gasteiger partial charge < -0.3 is 0 Å². The number of hydrogen-bond donors (Lipinski definition) is 0. The van der Waals surface area contributed by atoms with E-state index in [9.17, 15) is 0 Å². The van der Waals surface area contributed by atoms with Gasteiger partial charge in [-0.15, -0.1) is 6.58 Å². The van der Waals surface area contributed by atoms with E-state index in [0.717, 1.165) is 24.7 Å². The smallest absolute Gasteiger partial charge is 0.0228 e. The Labute approximate surface area is 88.4 Å². The maximum Gasteiger partial charge on any atom is -0.0228 e. The molecule has 1 saturated carbocycles. The van der Waals surface area contributed by atoms with Gasteiger partial charge in [0.05, 0.1) is 0 Å². The zero-order chi connectivity index (χ0) is 10.2. The van der Waals surface area contributed by atoms with Crippen molar-refractivity contribution in [2.45, 2.75) is 39.0 Å². The molecule has 0 amide bonds. The van der Waals surface area contributed by atoms with Gasteiger partial charge in [-0.3, -0.25) is 0 Å². The first-order valence-electron chi connectivity index (χ1n) is 5.77. The molecule has 1 aliphatic rings. The summed E-state index contributed by atoms with van der Waals surface area (Å²) in [6.07, 6.45) is 17.3. The van der Waals surface area contributed by atoms with Crippen LogP contribution in [0.25, 0.3) is 0 Å². The average Bonchev–Trinajstić information content (AvgIpc) is 2.58. The number of allylic oxidation sites excluding steroid dienone is 5. The summed E-state index contributed by atoms with van der Waals surface area (Å²) in [4.78, 5) is 0. The summed E-state index contributed by atoms with van der Waals surface area (Å²) in [6.45, 7) is 6.05. The Morgan fingerprint density at radius 1 is 1.21 bits per heavy atom. The minimum atomic E-state index is 0.842. The van der Waals surface area contributed by atoms with E-state index in [1.807, 2.05) is 6.08 Å². The van der Waals surface area contributed by atoms with Gasteiger partial charge in [-0.05, 0) is 37.5 Å². The molecule has 0 radical (unpaired) electrons. The first-order valence-corrected chi connectivity index (χ1v) is 5.77. The summed E-state index contributed by atoms with van der Waals surface area (Å²) in [5.41, 5.74) is 0. The molecule has 0 aromatic heterocycles. The molecular weight excluding hydrogens is 168 g/mol. The molecule has 78 valence electrons. The van der Waals surface area contributed by atoms with Crippen molar-refractivity contribution >= 4 is 0 Å². The topological polar surface area (TPSA) is 0 Å². The third-order valence-electron chi connectivity index (χ3n) is 2.90. The summed E-state index contributed by atoms with van der Waals surface area (Å²) in [7, 11) is 0. The van der Waals surface area contributed by atoms with Gasteiger partial charge in [0.15, 0.2) is 0 Å². The van der Waals surface area contributed by atoms with Crippen LogP contribution in [0.1, 0.15) is 39.0 Å². The summed E-state index contributed by atoms with van der Waals surface area (Å²) in [6, 6.07) is 0. The van der Waals surface area contributed by atoms with Crippen LogP contribution in [0.4, 0.5) is 0 Å². The van der Waals surface area contributed by atoms with E-state index < -0.39 is 0 Å². The molecule has 0 heteroatoms. The molecule has 1 rings (SSSR count). The Morgan fingerprint density at radius 2 is 2.07 bits per heavy atom. The van der Waals surface area contributed by atoms with Crippen LogP contribution in [0.3, 0.4) is 0 Å². The van der Waals surface area contributed by atoms with Crippen LogP contribution >= 0.6 is 0 Å². The summed E-state index contributed by atoms with van der Waals surface area (Å²) >= 11 is 0. The number of hydrogen-bond acceptors (Lipinski definition) is 0. The minimum Gasteiger partial charge on any atom is -0.103 e. The van der Waals surface area contributed by atoms with Crippen LogP contribution in [0.5, 0.6) is 0 Å². The molecule has 0 spiro atoms. The molecule has 0 saturated heterocycles. The van der Waals surface area contributed by atoms with Gasteiger partial charge in [-0.25, -0.2) is 0 Å². The average molecular weight is 190 g/mol. The van der Waals surface area contributed by atoms with Crippen LogP contribution in [0.2, 0.25) is 0 Å². The highest BCUT2D eigenvalue weighted by molar-refractivity contribution is 5.05. The molecule has 14 heavy (non-hydrogen) atoms. The molecule has 0 aromatic rings. The van der Waals surface area contributed by atoms with Crippen molar-refractivity contribution < 1.29 is 0 Å². The van der Waals surface area contributed by atoms with Gasteiger partial charge in [-0.1, -0.05) is 43.7 Å². The van der Waals surface area contributed by atoms with Gasteiger partial charge in [0.25, 0.3) is 0 Å². The van der Waals surface area contributed by atoms with Crippen molar-refractivity contribution in [3.8, 4) is 0 Å².